The predicted octanol–water partition coefficient (Wildman–Crippen LogP) is 3.60. The maximum absolute atomic E-state index is 13.0. The van der Waals surface area contributed by atoms with E-state index in [2.05, 4.69) is 15.5 Å². The zero-order valence-corrected chi connectivity index (χ0v) is 15.1. The second-order valence-electron chi connectivity index (χ2n) is 6.33. The van der Waals surface area contributed by atoms with Gasteiger partial charge in [-0.25, -0.2) is 4.39 Å². The van der Waals surface area contributed by atoms with E-state index in [1.165, 1.54) is 24.3 Å². The maximum atomic E-state index is 13.0. The third kappa shape index (κ3) is 4.91. The molecule has 0 radical (unpaired) electrons. The molecule has 0 saturated heterocycles. The zero-order valence-electron chi connectivity index (χ0n) is 15.1. The maximum Gasteiger partial charge on any atom is 0.261 e. The van der Waals surface area contributed by atoms with Crippen LogP contribution in [-0.2, 0) is 11.3 Å². The van der Waals surface area contributed by atoms with Crippen LogP contribution in [0.25, 0.3) is 11.4 Å². The third-order valence-corrected chi connectivity index (χ3v) is 3.85. The Hall–Kier alpha value is -3.22. The van der Waals surface area contributed by atoms with E-state index in [0.29, 0.717) is 17.5 Å². The summed E-state index contributed by atoms with van der Waals surface area (Å²) in [4.78, 5) is 16.8. The molecule has 0 saturated carbocycles. The molecule has 0 spiro atoms. The van der Waals surface area contributed by atoms with Crippen molar-refractivity contribution in [2.45, 2.75) is 26.5 Å². The summed E-state index contributed by atoms with van der Waals surface area (Å²) in [6.45, 7) is 3.83. The number of nitrogens with zero attached hydrogens (tertiary/aromatic N) is 2. The summed E-state index contributed by atoms with van der Waals surface area (Å²) in [6, 6.07) is 15.0. The van der Waals surface area contributed by atoms with Crippen LogP contribution in [0.3, 0.4) is 0 Å². The summed E-state index contributed by atoms with van der Waals surface area (Å²) in [5.41, 5.74) is 0.832. The largest absolute Gasteiger partial charge is 0.480 e. The lowest BCUT2D eigenvalue weighted by atomic mass is 10.1. The normalized spacial score (nSPS) is 12.0. The van der Waals surface area contributed by atoms with Gasteiger partial charge >= 0.3 is 0 Å². The monoisotopic (exact) mass is 369 g/mol. The van der Waals surface area contributed by atoms with Crippen LogP contribution < -0.4 is 10.1 Å². The zero-order chi connectivity index (χ0) is 19.2. The van der Waals surface area contributed by atoms with Crippen molar-refractivity contribution in [3.63, 3.8) is 0 Å². The molecule has 0 bridgehead atoms. The van der Waals surface area contributed by atoms with Crippen molar-refractivity contribution in [2.75, 3.05) is 0 Å². The smallest absolute Gasteiger partial charge is 0.261 e. The van der Waals surface area contributed by atoms with Crippen molar-refractivity contribution in [3.8, 4) is 17.1 Å². The Bertz CT molecular complexity index is 879. The number of aromatic nitrogens is 2. The molecule has 3 aromatic rings. The highest BCUT2D eigenvalue weighted by molar-refractivity contribution is 5.81. The van der Waals surface area contributed by atoms with Crippen LogP contribution >= 0.6 is 0 Å². The summed E-state index contributed by atoms with van der Waals surface area (Å²) in [5, 5.41) is 6.66. The van der Waals surface area contributed by atoms with Crippen LogP contribution in [0.15, 0.2) is 59.1 Å². The molecule has 1 aromatic heterocycles. The second kappa shape index (κ2) is 8.44. The van der Waals surface area contributed by atoms with Gasteiger partial charge in [-0.05, 0) is 30.2 Å². The number of hydrogen-bond donors (Lipinski definition) is 1. The molecule has 0 aliphatic rings. The molecule has 1 unspecified atom stereocenters. The number of carbonyl (C=O) groups excluding carboxylic acids is 1. The lowest BCUT2D eigenvalue weighted by Crippen LogP contribution is -2.41. The fourth-order valence-electron chi connectivity index (χ4n) is 2.45. The third-order valence-electron chi connectivity index (χ3n) is 3.85. The van der Waals surface area contributed by atoms with E-state index in [0.717, 1.165) is 5.56 Å². The highest BCUT2D eigenvalue weighted by Gasteiger charge is 2.24. The van der Waals surface area contributed by atoms with Crippen molar-refractivity contribution in [3.05, 3.63) is 66.3 Å². The Kier molecular flexibility index (Phi) is 5.80. The van der Waals surface area contributed by atoms with Gasteiger partial charge < -0.3 is 14.6 Å². The van der Waals surface area contributed by atoms with Gasteiger partial charge in [0.1, 0.15) is 11.6 Å². The number of hydrogen-bond acceptors (Lipinski definition) is 5. The van der Waals surface area contributed by atoms with E-state index in [4.69, 9.17) is 9.26 Å². The van der Waals surface area contributed by atoms with Crippen LogP contribution in [0.4, 0.5) is 4.39 Å². The minimum absolute atomic E-state index is 0.0855. The lowest BCUT2D eigenvalue weighted by Gasteiger charge is -2.21. The highest BCUT2D eigenvalue weighted by atomic mass is 19.1. The van der Waals surface area contributed by atoms with Crippen molar-refractivity contribution in [1.29, 1.82) is 0 Å². The molecule has 0 fully saturated rings. The van der Waals surface area contributed by atoms with Gasteiger partial charge in [0.05, 0.1) is 6.54 Å². The molecule has 1 amide bonds. The molecule has 1 N–H and O–H groups in total. The van der Waals surface area contributed by atoms with Gasteiger partial charge in [0.15, 0.2) is 6.10 Å². The van der Waals surface area contributed by atoms with Gasteiger partial charge in [-0.15, -0.1) is 0 Å². The van der Waals surface area contributed by atoms with E-state index in [1.807, 2.05) is 44.2 Å². The average molecular weight is 369 g/mol. The quantitative estimate of drug-likeness (QED) is 0.689. The topological polar surface area (TPSA) is 77.2 Å². The van der Waals surface area contributed by atoms with Crippen LogP contribution in [0, 0.1) is 11.7 Å². The molecule has 7 heteroatoms. The molecule has 6 nitrogen and oxygen atoms in total. The summed E-state index contributed by atoms with van der Waals surface area (Å²) < 4.78 is 23.9. The molecule has 0 aliphatic carbocycles. The fraction of sp³-hybridized carbons (Fsp3) is 0.250. The summed E-state index contributed by atoms with van der Waals surface area (Å²) in [7, 11) is 0. The van der Waals surface area contributed by atoms with E-state index in [-0.39, 0.29) is 24.2 Å². The number of nitrogens with one attached hydrogen (secondary N) is 1. The molecular formula is C20H20FN3O3. The highest BCUT2D eigenvalue weighted by Crippen LogP contribution is 2.17. The average Bonchev–Trinajstić information content (AvgIpc) is 3.15. The Morgan fingerprint density at radius 1 is 1.15 bits per heavy atom. The lowest BCUT2D eigenvalue weighted by molar-refractivity contribution is -0.130. The number of amides is 1. The molecule has 27 heavy (non-hydrogen) atoms. The van der Waals surface area contributed by atoms with Crippen molar-refractivity contribution in [1.82, 2.24) is 15.5 Å². The van der Waals surface area contributed by atoms with Crippen LogP contribution in [0.1, 0.15) is 19.7 Å². The molecule has 140 valence electrons. The molecule has 1 atom stereocenters. The van der Waals surface area contributed by atoms with Gasteiger partial charge in [0, 0.05) is 5.56 Å². The first-order valence-corrected chi connectivity index (χ1v) is 8.61. The van der Waals surface area contributed by atoms with E-state index in [1.54, 1.807) is 0 Å². The number of rotatable bonds is 7. The first-order valence-electron chi connectivity index (χ1n) is 8.61. The Morgan fingerprint density at radius 3 is 2.52 bits per heavy atom. The standard InChI is InChI=1S/C20H20FN3O3/c1-13(2)18(26-16-10-8-15(21)9-11-16)20(25)22-12-17-23-19(24-27-17)14-6-4-3-5-7-14/h3-11,13,18H,12H2,1-2H3,(H,22,25). The Balaban J connectivity index is 1.61. The first-order chi connectivity index (χ1) is 13.0. The number of benzene rings is 2. The number of ether oxygens (including phenoxy) is 1. The van der Waals surface area contributed by atoms with Gasteiger partial charge in [0.25, 0.3) is 5.91 Å². The molecule has 2 aromatic carbocycles. The second-order valence-corrected chi connectivity index (χ2v) is 6.33. The van der Waals surface area contributed by atoms with E-state index in [9.17, 15) is 9.18 Å². The minimum Gasteiger partial charge on any atom is -0.480 e. The van der Waals surface area contributed by atoms with Crippen molar-refractivity contribution < 1.29 is 18.4 Å². The molecular weight excluding hydrogens is 349 g/mol. The van der Waals surface area contributed by atoms with Crippen LogP contribution in [-0.4, -0.2) is 22.2 Å². The number of carbonyl (C=O) groups is 1. The first kappa shape index (κ1) is 18.6. The van der Waals surface area contributed by atoms with Crippen molar-refractivity contribution in [2.24, 2.45) is 5.92 Å². The Labute approximate surface area is 156 Å². The molecule has 0 aliphatic heterocycles. The van der Waals surface area contributed by atoms with Gasteiger partial charge in [-0.1, -0.05) is 49.3 Å². The SMILES string of the molecule is CC(C)C(Oc1ccc(F)cc1)C(=O)NCc1nc(-c2ccccc2)no1. The summed E-state index contributed by atoms with van der Waals surface area (Å²) in [5.74, 6) is 0.425. The minimum atomic E-state index is -0.730. The van der Waals surface area contributed by atoms with Gasteiger partial charge in [-0.3, -0.25) is 4.79 Å². The summed E-state index contributed by atoms with van der Waals surface area (Å²) in [6.07, 6.45) is -0.730. The van der Waals surface area contributed by atoms with E-state index < -0.39 is 6.10 Å². The van der Waals surface area contributed by atoms with Crippen LogP contribution in [0.5, 0.6) is 5.75 Å². The Morgan fingerprint density at radius 2 is 1.85 bits per heavy atom. The fourth-order valence-corrected chi connectivity index (χ4v) is 2.45. The van der Waals surface area contributed by atoms with Crippen LogP contribution in [0.2, 0.25) is 0 Å². The van der Waals surface area contributed by atoms with Gasteiger partial charge in [-0.2, -0.15) is 4.98 Å². The molecule has 3 rings (SSSR count). The van der Waals surface area contributed by atoms with E-state index >= 15 is 0 Å². The molecule has 1 heterocycles. The van der Waals surface area contributed by atoms with Gasteiger partial charge in [0.2, 0.25) is 11.7 Å². The predicted molar refractivity (Wildman–Crippen MR) is 97.2 cm³/mol. The summed E-state index contributed by atoms with van der Waals surface area (Å²) >= 11 is 0. The van der Waals surface area contributed by atoms with Crippen molar-refractivity contribution >= 4 is 5.91 Å². The number of halogens is 1.